The third-order valence-corrected chi connectivity index (χ3v) is 7.96. The van der Waals surface area contributed by atoms with E-state index in [1.54, 1.807) is 32.7 Å². The van der Waals surface area contributed by atoms with Gasteiger partial charge in [0.1, 0.15) is 46.3 Å². The van der Waals surface area contributed by atoms with E-state index >= 15 is 8.78 Å². The number of alkyl halides is 3. The van der Waals surface area contributed by atoms with Crippen LogP contribution in [-0.4, -0.2) is 67.6 Å². The predicted molar refractivity (Wildman–Crippen MR) is 143 cm³/mol. The number of carbonyl (C=O) groups is 1. The van der Waals surface area contributed by atoms with Crippen molar-refractivity contribution < 1.29 is 36.2 Å². The lowest BCUT2D eigenvalue weighted by molar-refractivity contribution is -0.138. The normalized spacial score (nSPS) is 22.8. The van der Waals surface area contributed by atoms with Crippen molar-refractivity contribution in [2.45, 2.75) is 83.3 Å². The van der Waals surface area contributed by atoms with Crippen molar-refractivity contribution in [1.29, 1.82) is 0 Å². The number of halogens is 6. The summed E-state index contributed by atoms with van der Waals surface area (Å²) in [4.78, 5) is 21.7. The van der Waals surface area contributed by atoms with Crippen LogP contribution in [0.25, 0.3) is 16.9 Å². The second-order valence-electron chi connectivity index (χ2n) is 12.1. The predicted octanol–water partition coefficient (Wildman–Crippen LogP) is 6.64. The minimum absolute atomic E-state index is 0.00914. The van der Waals surface area contributed by atoms with Crippen LogP contribution in [-0.2, 0) is 4.74 Å². The molecule has 1 amide bonds. The zero-order chi connectivity index (χ0) is 30.8. The van der Waals surface area contributed by atoms with Crippen molar-refractivity contribution in [3.8, 4) is 16.9 Å². The highest BCUT2D eigenvalue weighted by atomic mass is 35.5. The summed E-state index contributed by atoms with van der Waals surface area (Å²) in [6, 6.07) is -0.153. The van der Waals surface area contributed by atoms with Crippen LogP contribution in [0.15, 0.2) is 18.5 Å². The highest BCUT2D eigenvalue weighted by Gasteiger charge is 2.55. The average Bonchev–Trinajstić information content (AvgIpc) is 3.26. The molecule has 42 heavy (non-hydrogen) atoms. The number of nitrogens with one attached hydrogen (secondary N) is 1. The van der Waals surface area contributed by atoms with Gasteiger partial charge in [-0.1, -0.05) is 11.6 Å². The van der Waals surface area contributed by atoms with Gasteiger partial charge in [0.25, 0.3) is 5.78 Å². The maximum Gasteiger partial charge on any atom is 0.410 e. The SMILES string of the molecule is C[C@H](Nc1c(-c2c(F)cc(OC3CC4(C3)CC(N(C)C(=O)OC(C)(C)C)C4)cc2F)c(Cl)nc2ncnn12)C(F)(F)F. The highest BCUT2D eigenvalue weighted by Crippen LogP contribution is 2.58. The molecule has 0 radical (unpaired) electrons. The van der Waals surface area contributed by atoms with Crippen LogP contribution in [0.4, 0.5) is 32.6 Å². The van der Waals surface area contributed by atoms with E-state index in [0.717, 1.165) is 42.7 Å². The van der Waals surface area contributed by atoms with Gasteiger partial charge in [-0.25, -0.2) is 13.6 Å². The van der Waals surface area contributed by atoms with Gasteiger partial charge < -0.3 is 19.7 Å². The number of benzene rings is 1. The second-order valence-corrected chi connectivity index (χ2v) is 12.4. The molecule has 5 rings (SSSR count). The molecule has 0 unspecified atom stereocenters. The first-order chi connectivity index (χ1) is 19.5. The monoisotopic (exact) mass is 616 g/mol. The summed E-state index contributed by atoms with van der Waals surface area (Å²) < 4.78 is 83.1. The second kappa shape index (κ2) is 10.4. The molecule has 1 atom stereocenters. The number of nitrogens with zero attached hydrogens (tertiary/aromatic N) is 5. The summed E-state index contributed by atoms with van der Waals surface area (Å²) in [5.74, 6) is -2.86. The van der Waals surface area contributed by atoms with Crippen molar-refractivity contribution in [2.24, 2.45) is 5.41 Å². The molecule has 0 aliphatic heterocycles. The summed E-state index contributed by atoms with van der Waals surface area (Å²) >= 11 is 6.23. The van der Waals surface area contributed by atoms with Gasteiger partial charge in [-0.05, 0) is 58.8 Å². The first-order valence-corrected chi connectivity index (χ1v) is 13.7. The number of fused-ring (bicyclic) bond motifs is 1. The quantitative estimate of drug-likeness (QED) is 0.245. The number of carbonyl (C=O) groups excluding carboxylic acids is 1. The van der Waals surface area contributed by atoms with E-state index < -0.39 is 51.6 Å². The fraction of sp³-hybridized carbons (Fsp3) is 0.556. The Balaban J connectivity index is 1.30. The van der Waals surface area contributed by atoms with E-state index in [0.29, 0.717) is 12.8 Å². The van der Waals surface area contributed by atoms with E-state index in [4.69, 9.17) is 21.1 Å². The molecule has 1 N–H and O–H groups in total. The van der Waals surface area contributed by atoms with Crippen LogP contribution in [0.2, 0.25) is 5.15 Å². The molecule has 2 heterocycles. The van der Waals surface area contributed by atoms with Gasteiger partial charge in [0.2, 0.25) is 0 Å². The molecule has 1 aromatic carbocycles. The zero-order valence-corrected chi connectivity index (χ0v) is 24.3. The molecule has 9 nitrogen and oxygen atoms in total. The van der Waals surface area contributed by atoms with Crippen LogP contribution in [0.3, 0.4) is 0 Å². The van der Waals surface area contributed by atoms with Crippen molar-refractivity contribution >= 4 is 29.3 Å². The zero-order valence-electron chi connectivity index (χ0n) is 23.5. The number of amides is 1. The summed E-state index contributed by atoms with van der Waals surface area (Å²) in [7, 11) is 1.71. The van der Waals surface area contributed by atoms with Gasteiger partial charge in [0.15, 0.2) is 0 Å². The Kier molecular flexibility index (Phi) is 7.43. The summed E-state index contributed by atoms with van der Waals surface area (Å²) in [6.45, 7) is 6.25. The minimum atomic E-state index is -4.68. The molecule has 228 valence electrons. The third kappa shape index (κ3) is 5.77. The molecule has 15 heteroatoms. The van der Waals surface area contributed by atoms with Gasteiger partial charge >= 0.3 is 12.3 Å². The van der Waals surface area contributed by atoms with E-state index in [1.807, 2.05) is 0 Å². The van der Waals surface area contributed by atoms with Crippen molar-refractivity contribution in [2.75, 3.05) is 12.4 Å². The van der Waals surface area contributed by atoms with Crippen molar-refractivity contribution in [3.63, 3.8) is 0 Å². The largest absolute Gasteiger partial charge is 0.490 e. The van der Waals surface area contributed by atoms with Gasteiger partial charge in [-0.3, -0.25) is 0 Å². The van der Waals surface area contributed by atoms with Crippen LogP contribution < -0.4 is 10.1 Å². The van der Waals surface area contributed by atoms with E-state index in [1.165, 1.54) is 0 Å². The maximum absolute atomic E-state index is 15.4. The maximum atomic E-state index is 15.4. The van der Waals surface area contributed by atoms with Gasteiger partial charge in [-0.2, -0.15) is 32.8 Å². The molecule has 2 fully saturated rings. The van der Waals surface area contributed by atoms with Crippen LogP contribution in [0, 0.1) is 17.0 Å². The molecule has 2 aromatic heterocycles. The average molecular weight is 617 g/mol. The summed E-state index contributed by atoms with van der Waals surface area (Å²) in [5, 5.41) is 5.58. The smallest absolute Gasteiger partial charge is 0.410 e. The molecular formula is C27H30ClF5N6O3. The Morgan fingerprint density at radius 3 is 2.33 bits per heavy atom. The van der Waals surface area contributed by atoms with E-state index in [2.05, 4.69) is 20.4 Å². The minimum Gasteiger partial charge on any atom is -0.490 e. The Morgan fingerprint density at radius 2 is 1.76 bits per heavy atom. The van der Waals surface area contributed by atoms with Crippen molar-refractivity contribution in [3.05, 3.63) is 35.2 Å². The molecule has 1 spiro atoms. The Hall–Kier alpha value is -3.42. The highest BCUT2D eigenvalue weighted by molar-refractivity contribution is 6.33. The summed E-state index contributed by atoms with van der Waals surface area (Å²) in [6.07, 6.45) is -1.48. The lowest BCUT2D eigenvalue weighted by atomic mass is 9.52. The fourth-order valence-electron chi connectivity index (χ4n) is 5.53. The van der Waals surface area contributed by atoms with Gasteiger partial charge in [0, 0.05) is 25.2 Å². The molecule has 0 bridgehead atoms. The molecule has 2 saturated carbocycles. The standard InChI is InChI=1S/C27H30ClF5N6O3/c1-13(27(31,32)33)36-22-20(21(28)37-23-34-12-35-39(22)23)19-17(29)6-15(7-18(19)30)41-16-10-26(11-16)8-14(9-26)38(5)24(40)42-25(2,3)4/h6-7,12-14,16,36H,8-11H2,1-5H3/t13-,14?,16?,26?/m0/s1. The number of rotatable bonds is 6. The topological polar surface area (TPSA) is 93.9 Å². The van der Waals surface area contributed by atoms with E-state index in [-0.39, 0.29) is 35.2 Å². The first-order valence-electron chi connectivity index (χ1n) is 13.3. The summed E-state index contributed by atoms with van der Waals surface area (Å²) in [5.41, 5.74) is -1.73. The van der Waals surface area contributed by atoms with Gasteiger partial charge in [0.05, 0.1) is 17.2 Å². The van der Waals surface area contributed by atoms with Gasteiger partial charge in [-0.15, -0.1) is 0 Å². The number of aromatic nitrogens is 4. The van der Waals surface area contributed by atoms with E-state index in [9.17, 15) is 18.0 Å². The molecular weight excluding hydrogens is 587 g/mol. The molecule has 2 aliphatic rings. The van der Waals surface area contributed by atoms with Crippen LogP contribution >= 0.6 is 11.6 Å². The third-order valence-electron chi connectivity index (χ3n) is 7.68. The fourth-order valence-corrected chi connectivity index (χ4v) is 5.79. The number of hydrogen-bond donors (Lipinski definition) is 1. The number of anilines is 1. The molecule has 0 saturated heterocycles. The lowest BCUT2D eigenvalue weighted by Crippen LogP contribution is -2.59. The molecule has 2 aliphatic carbocycles. The Morgan fingerprint density at radius 1 is 1.14 bits per heavy atom. The molecule has 3 aromatic rings. The number of ether oxygens (including phenoxy) is 2. The first kappa shape index (κ1) is 30.1. The Labute approximate surface area is 243 Å². The van der Waals surface area contributed by atoms with Crippen LogP contribution in [0.1, 0.15) is 53.4 Å². The van der Waals surface area contributed by atoms with Crippen molar-refractivity contribution in [1.82, 2.24) is 24.5 Å². The lowest BCUT2D eigenvalue weighted by Gasteiger charge is -2.58. The number of hydrogen-bond acceptors (Lipinski definition) is 7. The van der Waals surface area contributed by atoms with Crippen LogP contribution in [0.5, 0.6) is 5.75 Å². The Bertz CT molecular complexity index is 1490.